The van der Waals surface area contributed by atoms with Crippen molar-refractivity contribution in [3.05, 3.63) is 28.2 Å². The SMILES string of the molecule is CCOC(=O)CCCNC(=O)c1ccc(Br)cc1O. The topological polar surface area (TPSA) is 75.6 Å². The lowest BCUT2D eigenvalue weighted by atomic mass is 10.2. The molecule has 1 aromatic carbocycles. The minimum Gasteiger partial charge on any atom is -0.507 e. The summed E-state index contributed by atoms with van der Waals surface area (Å²) in [4.78, 5) is 22.8. The maximum atomic E-state index is 11.7. The van der Waals surface area contributed by atoms with Gasteiger partial charge in [0, 0.05) is 17.4 Å². The molecule has 0 aromatic heterocycles. The summed E-state index contributed by atoms with van der Waals surface area (Å²) in [5, 5.41) is 12.2. The van der Waals surface area contributed by atoms with Gasteiger partial charge in [0.2, 0.25) is 0 Å². The quantitative estimate of drug-likeness (QED) is 0.619. The molecule has 5 nitrogen and oxygen atoms in total. The van der Waals surface area contributed by atoms with Gasteiger partial charge in [-0.25, -0.2) is 0 Å². The zero-order chi connectivity index (χ0) is 14.3. The summed E-state index contributed by atoms with van der Waals surface area (Å²) in [5.74, 6) is -0.727. The Morgan fingerprint density at radius 2 is 2.16 bits per heavy atom. The number of aromatic hydroxyl groups is 1. The van der Waals surface area contributed by atoms with E-state index in [-0.39, 0.29) is 29.6 Å². The molecule has 1 rings (SSSR count). The number of esters is 1. The van der Waals surface area contributed by atoms with E-state index < -0.39 is 0 Å². The maximum Gasteiger partial charge on any atom is 0.305 e. The first kappa shape index (κ1) is 15.5. The van der Waals surface area contributed by atoms with Crippen molar-refractivity contribution in [2.24, 2.45) is 0 Å². The van der Waals surface area contributed by atoms with E-state index in [4.69, 9.17) is 4.74 Å². The fraction of sp³-hybridized carbons (Fsp3) is 0.385. The number of ether oxygens (including phenoxy) is 1. The number of amides is 1. The second-order valence-electron chi connectivity index (χ2n) is 3.83. The van der Waals surface area contributed by atoms with E-state index >= 15 is 0 Å². The number of phenolic OH excluding ortho intramolecular Hbond substituents is 1. The zero-order valence-electron chi connectivity index (χ0n) is 10.6. The smallest absolute Gasteiger partial charge is 0.305 e. The lowest BCUT2D eigenvalue weighted by molar-refractivity contribution is -0.143. The zero-order valence-corrected chi connectivity index (χ0v) is 12.2. The third-order valence-electron chi connectivity index (χ3n) is 2.35. The van der Waals surface area contributed by atoms with E-state index in [1.165, 1.54) is 12.1 Å². The molecule has 104 valence electrons. The van der Waals surface area contributed by atoms with Crippen LogP contribution in [0.2, 0.25) is 0 Å². The van der Waals surface area contributed by atoms with Crippen molar-refractivity contribution in [1.82, 2.24) is 5.32 Å². The van der Waals surface area contributed by atoms with Gasteiger partial charge in [-0.05, 0) is 31.5 Å². The molecule has 0 atom stereocenters. The summed E-state index contributed by atoms with van der Waals surface area (Å²) in [6.45, 7) is 2.46. The fourth-order valence-electron chi connectivity index (χ4n) is 1.46. The second kappa shape index (κ2) is 7.78. The second-order valence-corrected chi connectivity index (χ2v) is 4.74. The highest BCUT2D eigenvalue weighted by Gasteiger charge is 2.10. The van der Waals surface area contributed by atoms with Crippen LogP contribution in [0.1, 0.15) is 30.1 Å². The normalized spacial score (nSPS) is 10.0. The summed E-state index contributed by atoms with van der Waals surface area (Å²) in [6, 6.07) is 4.65. The average molecular weight is 330 g/mol. The molecule has 0 spiro atoms. The molecule has 2 N–H and O–H groups in total. The monoisotopic (exact) mass is 329 g/mol. The number of hydrogen-bond acceptors (Lipinski definition) is 4. The highest BCUT2D eigenvalue weighted by Crippen LogP contribution is 2.21. The van der Waals surface area contributed by atoms with Crippen LogP contribution in [0.4, 0.5) is 0 Å². The van der Waals surface area contributed by atoms with Crippen molar-refractivity contribution in [2.75, 3.05) is 13.2 Å². The minimum absolute atomic E-state index is 0.0859. The molecule has 0 radical (unpaired) electrons. The lowest BCUT2D eigenvalue weighted by Crippen LogP contribution is -2.25. The highest BCUT2D eigenvalue weighted by molar-refractivity contribution is 9.10. The van der Waals surface area contributed by atoms with Gasteiger partial charge in [-0.1, -0.05) is 15.9 Å². The number of rotatable bonds is 6. The molecular formula is C13H16BrNO4. The number of carbonyl (C=O) groups is 2. The van der Waals surface area contributed by atoms with Gasteiger partial charge in [0.15, 0.2) is 0 Å². The van der Waals surface area contributed by atoms with E-state index in [1.807, 2.05) is 0 Å². The van der Waals surface area contributed by atoms with Gasteiger partial charge in [-0.15, -0.1) is 0 Å². The number of carbonyl (C=O) groups excluding carboxylic acids is 2. The molecule has 1 amide bonds. The van der Waals surface area contributed by atoms with Gasteiger partial charge in [0.25, 0.3) is 5.91 Å². The molecule has 0 saturated carbocycles. The first-order chi connectivity index (χ1) is 9.04. The van der Waals surface area contributed by atoms with Crippen LogP contribution in [-0.4, -0.2) is 30.1 Å². The van der Waals surface area contributed by atoms with Crippen LogP contribution in [0.3, 0.4) is 0 Å². The Bertz CT molecular complexity index is 462. The van der Waals surface area contributed by atoms with Crippen molar-refractivity contribution in [2.45, 2.75) is 19.8 Å². The minimum atomic E-state index is -0.367. The van der Waals surface area contributed by atoms with Gasteiger partial charge in [-0.2, -0.15) is 0 Å². The predicted octanol–water partition coefficient (Wildman–Crippen LogP) is 2.23. The third kappa shape index (κ3) is 5.30. The summed E-state index contributed by atoms with van der Waals surface area (Å²) in [7, 11) is 0. The first-order valence-corrected chi connectivity index (χ1v) is 6.76. The van der Waals surface area contributed by atoms with Crippen LogP contribution >= 0.6 is 15.9 Å². The van der Waals surface area contributed by atoms with Crippen molar-refractivity contribution >= 4 is 27.8 Å². The van der Waals surface area contributed by atoms with Crippen molar-refractivity contribution in [1.29, 1.82) is 0 Å². The van der Waals surface area contributed by atoms with Gasteiger partial charge in [0.05, 0.1) is 12.2 Å². The summed E-state index contributed by atoms with van der Waals surface area (Å²) in [6.07, 6.45) is 0.766. The molecule has 0 fully saturated rings. The molecule has 6 heteroatoms. The van der Waals surface area contributed by atoms with Crippen LogP contribution in [-0.2, 0) is 9.53 Å². The molecule has 0 saturated heterocycles. The Morgan fingerprint density at radius 3 is 2.79 bits per heavy atom. The van der Waals surface area contributed by atoms with Crippen LogP contribution in [0, 0.1) is 0 Å². The molecule has 0 aliphatic carbocycles. The van der Waals surface area contributed by atoms with E-state index in [1.54, 1.807) is 13.0 Å². The third-order valence-corrected chi connectivity index (χ3v) is 2.85. The van der Waals surface area contributed by atoms with Crippen molar-refractivity contribution < 1.29 is 19.4 Å². The number of halogens is 1. The Labute approximate surface area is 120 Å². The largest absolute Gasteiger partial charge is 0.507 e. The molecule has 0 aliphatic heterocycles. The highest BCUT2D eigenvalue weighted by atomic mass is 79.9. The van der Waals surface area contributed by atoms with Crippen LogP contribution in [0.25, 0.3) is 0 Å². The molecular weight excluding hydrogens is 314 g/mol. The Kier molecular flexibility index (Phi) is 6.35. The van der Waals surface area contributed by atoms with E-state index in [2.05, 4.69) is 21.2 Å². The van der Waals surface area contributed by atoms with Crippen LogP contribution in [0.15, 0.2) is 22.7 Å². The van der Waals surface area contributed by atoms with Gasteiger partial charge in [0.1, 0.15) is 5.75 Å². The van der Waals surface area contributed by atoms with Crippen LogP contribution in [0.5, 0.6) is 5.75 Å². The Hall–Kier alpha value is -1.56. The number of benzene rings is 1. The molecule has 0 unspecified atom stereocenters. The summed E-state index contributed by atoms with van der Waals surface area (Å²) >= 11 is 3.20. The molecule has 0 bridgehead atoms. The summed E-state index contributed by atoms with van der Waals surface area (Å²) in [5.41, 5.74) is 0.208. The maximum absolute atomic E-state index is 11.7. The standard InChI is InChI=1S/C13H16BrNO4/c1-2-19-12(17)4-3-7-15-13(18)10-6-5-9(14)8-11(10)16/h5-6,8,16H,2-4,7H2,1H3,(H,15,18). The number of hydrogen-bond donors (Lipinski definition) is 2. The van der Waals surface area contributed by atoms with E-state index in [0.717, 1.165) is 0 Å². The Morgan fingerprint density at radius 1 is 1.42 bits per heavy atom. The van der Waals surface area contributed by atoms with E-state index in [0.29, 0.717) is 24.0 Å². The van der Waals surface area contributed by atoms with Crippen molar-refractivity contribution in [3.63, 3.8) is 0 Å². The predicted molar refractivity (Wildman–Crippen MR) is 74.0 cm³/mol. The molecule has 0 aliphatic rings. The number of phenols is 1. The van der Waals surface area contributed by atoms with Gasteiger partial charge >= 0.3 is 5.97 Å². The lowest BCUT2D eigenvalue weighted by Gasteiger charge is -2.07. The van der Waals surface area contributed by atoms with Crippen LogP contribution < -0.4 is 5.32 Å². The van der Waals surface area contributed by atoms with Crippen molar-refractivity contribution in [3.8, 4) is 5.75 Å². The van der Waals surface area contributed by atoms with E-state index in [9.17, 15) is 14.7 Å². The van der Waals surface area contributed by atoms with Gasteiger partial charge in [-0.3, -0.25) is 9.59 Å². The first-order valence-electron chi connectivity index (χ1n) is 5.97. The fourth-order valence-corrected chi connectivity index (χ4v) is 1.81. The van der Waals surface area contributed by atoms with Gasteiger partial charge < -0.3 is 15.2 Å². The Balaban J connectivity index is 2.37. The summed E-state index contributed by atoms with van der Waals surface area (Å²) < 4.78 is 5.47. The number of nitrogens with one attached hydrogen (secondary N) is 1. The molecule has 0 heterocycles. The average Bonchev–Trinajstić information content (AvgIpc) is 2.34. The molecule has 19 heavy (non-hydrogen) atoms. The molecule has 1 aromatic rings.